The highest BCUT2D eigenvalue weighted by molar-refractivity contribution is 7.80. The van der Waals surface area contributed by atoms with E-state index in [2.05, 4.69) is 20.8 Å². The summed E-state index contributed by atoms with van der Waals surface area (Å²) < 4.78 is 0. The maximum absolute atomic E-state index is 12.2. The summed E-state index contributed by atoms with van der Waals surface area (Å²) in [6, 6.07) is 0. The first-order valence-electron chi connectivity index (χ1n) is 5.36. The molecule has 1 aliphatic carbocycles. The fraction of sp³-hybridized carbons (Fsp3) is 0.818. The number of nitrogens with two attached hydrogens (primary N) is 1. The first-order valence-corrected chi connectivity index (χ1v) is 5.77. The zero-order valence-electron chi connectivity index (χ0n) is 9.96. The number of carbonyl (C=O) groups excluding carboxylic acids is 1. The van der Waals surface area contributed by atoms with E-state index in [1.165, 1.54) is 0 Å². The van der Waals surface area contributed by atoms with Crippen molar-refractivity contribution < 1.29 is 4.79 Å². The Labute approximate surface area is 97.0 Å². The molecular weight excluding hydrogens is 208 g/mol. The Balaban J connectivity index is 2.82. The summed E-state index contributed by atoms with van der Waals surface area (Å²) in [5.41, 5.74) is 5.00. The number of hydrogen-bond acceptors (Lipinski definition) is 2. The van der Waals surface area contributed by atoms with Crippen molar-refractivity contribution in [2.45, 2.75) is 45.6 Å². The highest BCUT2D eigenvalue weighted by Crippen LogP contribution is 2.48. The van der Waals surface area contributed by atoms with Crippen molar-refractivity contribution in [2.24, 2.45) is 11.1 Å². The van der Waals surface area contributed by atoms with Crippen molar-refractivity contribution in [3.63, 3.8) is 0 Å². The molecule has 1 fully saturated rings. The molecule has 86 valence electrons. The summed E-state index contributed by atoms with van der Waals surface area (Å²) in [4.78, 5) is 14.4. The van der Waals surface area contributed by atoms with Crippen LogP contribution in [0.15, 0.2) is 0 Å². The van der Waals surface area contributed by atoms with Crippen LogP contribution in [0.2, 0.25) is 0 Å². The zero-order chi connectivity index (χ0) is 11.9. The van der Waals surface area contributed by atoms with Crippen LogP contribution >= 0.6 is 12.2 Å². The minimum absolute atomic E-state index is 0.0850. The van der Waals surface area contributed by atoms with E-state index in [0.717, 1.165) is 19.3 Å². The van der Waals surface area contributed by atoms with Crippen molar-refractivity contribution in [1.29, 1.82) is 0 Å². The van der Waals surface area contributed by atoms with Gasteiger partial charge in [-0.3, -0.25) is 4.79 Å². The summed E-state index contributed by atoms with van der Waals surface area (Å²) in [7, 11) is 1.84. The van der Waals surface area contributed by atoms with Crippen LogP contribution in [-0.2, 0) is 4.79 Å². The molecule has 2 N–H and O–H groups in total. The Hall–Kier alpha value is -0.640. The summed E-state index contributed by atoms with van der Waals surface area (Å²) in [5, 5.41) is 0. The molecule has 4 heteroatoms. The summed E-state index contributed by atoms with van der Waals surface area (Å²) in [6.45, 7) is 6.19. The maximum Gasteiger partial charge on any atom is 0.235 e. The van der Waals surface area contributed by atoms with Gasteiger partial charge in [0.15, 0.2) is 0 Å². The fourth-order valence-corrected chi connectivity index (χ4v) is 1.82. The van der Waals surface area contributed by atoms with E-state index in [4.69, 9.17) is 18.0 Å². The molecular formula is C11H20N2OS. The van der Waals surface area contributed by atoms with Gasteiger partial charge in [-0.1, -0.05) is 19.1 Å². The molecule has 0 aromatic heterocycles. The molecule has 1 aliphatic rings. The minimum atomic E-state index is -0.517. The smallest absolute Gasteiger partial charge is 0.235 e. The highest BCUT2D eigenvalue weighted by Gasteiger charge is 2.55. The average Bonchev–Trinajstić information content (AvgIpc) is 2.96. The Kier molecular flexibility index (Phi) is 3.10. The van der Waals surface area contributed by atoms with Crippen LogP contribution in [0.5, 0.6) is 0 Å². The van der Waals surface area contributed by atoms with Crippen LogP contribution in [0.25, 0.3) is 0 Å². The molecule has 0 aromatic rings. The molecule has 1 amide bonds. The van der Waals surface area contributed by atoms with E-state index in [0.29, 0.717) is 4.99 Å². The Bertz CT molecular complexity index is 295. The van der Waals surface area contributed by atoms with Crippen molar-refractivity contribution in [3.05, 3.63) is 0 Å². The second-order valence-corrected chi connectivity index (χ2v) is 5.42. The highest BCUT2D eigenvalue weighted by atomic mass is 32.1. The van der Waals surface area contributed by atoms with E-state index >= 15 is 0 Å². The van der Waals surface area contributed by atoms with Gasteiger partial charge in [0, 0.05) is 12.6 Å². The second-order valence-electron chi connectivity index (χ2n) is 4.98. The molecule has 0 heterocycles. The van der Waals surface area contributed by atoms with Crippen molar-refractivity contribution in [1.82, 2.24) is 4.90 Å². The molecule has 0 saturated heterocycles. The van der Waals surface area contributed by atoms with Gasteiger partial charge in [0.05, 0.1) is 10.4 Å². The number of rotatable bonds is 4. The Morgan fingerprint density at radius 2 is 2.00 bits per heavy atom. The monoisotopic (exact) mass is 228 g/mol. The molecule has 3 nitrogen and oxygen atoms in total. The SMILES string of the molecule is CCC(C)(C)N(C)C(=O)C1(C(N)=S)CC1. The molecule has 15 heavy (non-hydrogen) atoms. The van der Waals surface area contributed by atoms with Crippen molar-refractivity contribution in [2.75, 3.05) is 7.05 Å². The predicted molar refractivity (Wildman–Crippen MR) is 65.6 cm³/mol. The van der Waals surface area contributed by atoms with E-state index in [-0.39, 0.29) is 11.4 Å². The topological polar surface area (TPSA) is 46.3 Å². The number of amides is 1. The third kappa shape index (κ3) is 2.00. The first-order chi connectivity index (χ1) is 6.78. The number of hydrogen-bond donors (Lipinski definition) is 1. The molecule has 0 unspecified atom stereocenters. The quantitative estimate of drug-likeness (QED) is 0.745. The van der Waals surface area contributed by atoms with E-state index in [9.17, 15) is 4.79 Å². The summed E-state index contributed by atoms with van der Waals surface area (Å²) >= 11 is 4.98. The number of nitrogens with zero attached hydrogens (tertiary/aromatic N) is 1. The Morgan fingerprint density at radius 1 is 1.53 bits per heavy atom. The van der Waals surface area contributed by atoms with Gasteiger partial charge < -0.3 is 10.6 Å². The van der Waals surface area contributed by atoms with Crippen LogP contribution in [0.3, 0.4) is 0 Å². The average molecular weight is 228 g/mol. The van der Waals surface area contributed by atoms with E-state index in [1.54, 1.807) is 4.90 Å². The molecule has 1 saturated carbocycles. The lowest BCUT2D eigenvalue weighted by Gasteiger charge is -2.37. The molecule has 0 aliphatic heterocycles. The van der Waals surface area contributed by atoms with Gasteiger partial charge in [-0.05, 0) is 33.1 Å². The number of carbonyl (C=O) groups is 1. The minimum Gasteiger partial charge on any atom is -0.392 e. The van der Waals surface area contributed by atoms with Crippen molar-refractivity contribution in [3.8, 4) is 0 Å². The van der Waals surface area contributed by atoms with Crippen LogP contribution in [-0.4, -0.2) is 28.4 Å². The lowest BCUT2D eigenvalue weighted by atomic mass is 9.96. The normalized spacial score (nSPS) is 18.4. The van der Waals surface area contributed by atoms with Gasteiger partial charge in [-0.25, -0.2) is 0 Å². The third-order valence-electron chi connectivity index (χ3n) is 3.71. The van der Waals surface area contributed by atoms with E-state index < -0.39 is 5.41 Å². The van der Waals surface area contributed by atoms with Crippen LogP contribution in [0, 0.1) is 5.41 Å². The number of thiocarbonyl (C=S) groups is 1. The lowest BCUT2D eigenvalue weighted by Crippen LogP contribution is -2.50. The molecule has 0 bridgehead atoms. The summed E-state index contributed by atoms with van der Waals surface area (Å²) in [5.74, 6) is 0.0850. The van der Waals surface area contributed by atoms with Gasteiger partial charge in [-0.2, -0.15) is 0 Å². The van der Waals surface area contributed by atoms with Gasteiger partial charge in [-0.15, -0.1) is 0 Å². The molecule has 0 radical (unpaired) electrons. The predicted octanol–water partition coefficient (Wildman–Crippen LogP) is 1.70. The van der Waals surface area contributed by atoms with Crippen LogP contribution < -0.4 is 5.73 Å². The fourth-order valence-electron chi connectivity index (χ4n) is 1.52. The zero-order valence-corrected chi connectivity index (χ0v) is 10.8. The van der Waals surface area contributed by atoms with E-state index in [1.807, 2.05) is 7.05 Å². The molecule has 0 spiro atoms. The van der Waals surface area contributed by atoms with Crippen LogP contribution in [0.1, 0.15) is 40.0 Å². The Morgan fingerprint density at radius 3 is 2.27 bits per heavy atom. The van der Waals surface area contributed by atoms with Gasteiger partial charge in [0.2, 0.25) is 5.91 Å². The second kappa shape index (κ2) is 3.74. The first kappa shape index (κ1) is 12.4. The molecule has 0 atom stereocenters. The van der Waals surface area contributed by atoms with Gasteiger partial charge >= 0.3 is 0 Å². The molecule has 1 rings (SSSR count). The standard InChI is InChI=1S/C11H20N2OS/c1-5-10(2,3)13(4)9(14)11(6-7-11)8(12)15/h5-7H2,1-4H3,(H2,12,15). The van der Waals surface area contributed by atoms with Gasteiger partial charge in [0.25, 0.3) is 0 Å². The molecule has 0 aromatic carbocycles. The largest absolute Gasteiger partial charge is 0.392 e. The van der Waals surface area contributed by atoms with Crippen molar-refractivity contribution >= 4 is 23.1 Å². The van der Waals surface area contributed by atoms with Gasteiger partial charge in [0.1, 0.15) is 0 Å². The summed E-state index contributed by atoms with van der Waals surface area (Å²) in [6.07, 6.45) is 2.54. The maximum atomic E-state index is 12.2. The third-order valence-corrected chi connectivity index (χ3v) is 4.10. The lowest BCUT2D eigenvalue weighted by molar-refractivity contribution is -0.138. The van der Waals surface area contributed by atoms with Crippen LogP contribution in [0.4, 0.5) is 0 Å².